The van der Waals surface area contributed by atoms with E-state index >= 15 is 0 Å². The highest BCUT2D eigenvalue weighted by atomic mass is 79.9. The van der Waals surface area contributed by atoms with E-state index in [1.807, 2.05) is 0 Å². The fraction of sp³-hybridized carbons (Fsp3) is 0.438. The first kappa shape index (κ1) is 19.7. The fourth-order valence-electron chi connectivity index (χ4n) is 2.82. The van der Waals surface area contributed by atoms with Gasteiger partial charge in [0.05, 0.1) is 6.10 Å². The van der Waals surface area contributed by atoms with Crippen molar-refractivity contribution in [2.45, 2.75) is 38.0 Å². The second-order valence-electron chi connectivity index (χ2n) is 5.98. The van der Waals surface area contributed by atoms with Crippen molar-refractivity contribution in [2.24, 2.45) is 5.73 Å². The molecule has 1 aliphatic rings. The molecule has 1 aromatic rings. The van der Waals surface area contributed by atoms with E-state index in [1.165, 1.54) is 11.8 Å². The largest absolute Gasteiger partial charge is 0.391 e. The molecule has 0 aromatic heterocycles. The van der Waals surface area contributed by atoms with Crippen molar-refractivity contribution >= 4 is 45.3 Å². The lowest BCUT2D eigenvalue weighted by atomic mass is 10.0. The highest BCUT2D eigenvalue weighted by Crippen LogP contribution is 2.23. The number of aliphatic hydroxyl groups is 1. The van der Waals surface area contributed by atoms with Gasteiger partial charge in [-0.15, -0.1) is 0 Å². The van der Waals surface area contributed by atoms with Crippen LogP contribution in [0.5, 0.6) is 0 Å². The Morgan fingerprint density at radius 3 is 2.76 bits per heavy atom. The van der Waals surface area contributed by atoms with E-state index in [1.54, 1.807) is 18.2 Å². The van der Waals surface area contributed by atoms with Gasteiger partial charge in [-0.1, -0.05) is 27.5 Å². The molecule has 0 aliphatic carbocycles. The van der Waals surface area contributed by atoms with Gasteiger partial charge in [-0.05, 0) is 23.8 Å². The van der Waals surface area contributed by atoms with Gasteiger partial charge in [-0.25, -0.2) is 0 Å². The lowest BCUT2D eigenvalue weighted by molar-refractivity contribution is -0.138. The van der Waals surface area contributed by atoms with Gasteiger partial charge in [-0.3, -0.25) is 14.4 Å². The predicted octanol–water partition coefficient (Wildman–Crippen LogP) is 0.597. The number of carbonyl (C=O) groups excluding carboxylic acids is 3. The monoisotopic (exact) mass is 431 g/mol. The molecule has 25 heavy (non-hydrogen) atoms. The third-order valence-corrected chi connectivity index (χ3v) is 5.09. The molecule has 0 radical (unpaired) electrons. The minimum atomic E-state index is -0.964. The first-order chi connectivity index (χ1) is 11.7. The number of benzene rings is 1. The van der Waals surface area contributed by atoms with Gasteiger partial charge in [-0.2, -0.15) is 0 Å². The van der Waals surface area contributed by atoms with Crippen molar-refractivity contribution in [1.82, 2.24) is 10.2 Å². The smallest absolute Gasteiger partial charge is 0.243 e. The molecule has 0 saturated carbocycles. The highest BCUT2D eigenvalue weighted by molar-refractivity contribution is 9.10. The SMILES string of the molecule is CC(=O)N1C[C@H](O)C[C@H]1C(=O)N[C@H](Cc1cc(Cl)ccc1Br)C(N)=O. The zero-order chi connectivity index (χ0) is 18.7. The van der Waals surface area contributed by atoms with Crippen LogP contribution in [0, 0.1) is 0 Å². The van der Waals surface area contributed by atoms with Crippen LogP contribution in [0.1, 0.15) is 18.9 Å². The van der Waals surface area contributed by atoms with Crippen LogP contribution < -0.4 is 11.1 Å². The van der Waals surface area contributed by atoms with Gasteiger partial charge in [0.2, 0.25) is 17.7 Å². The van der Waals surface area contributed by atoms with E-state index in [4.69, 9.17) is 17.3 Å². The standard InChI is InChI=1S/C16H19BrClN3O4/c1-8(22)21-7-11(23)6-14(21)16(25)20-13(15(19)24)5-9-4-10(18)2-3-12(9)17/h2-4,11,13-14,23H,5-7H2,1H3,(H2,19,24)(H,20,25)/t11-,13-,14+/m1/s1. The maximum absolute atomic E-state index is 12.5. The first-order valence-corrected chi connectivity index (χ1v) is 8.85. The quantitative estimate of drug-likeness (QED) is 0.632. The number of nitrogens with two attached hydrogens (primary N) is 1. The second-order valence-corrected chi connectivity index (χ2v) is 7.27. The molecule has 1 aliphatic heterocycles. The number of rotatable bonds is 5. The number of hydrogen-bond donors (Lipinski definition) is 3. The van der Waals surface area contributed by atoms with E-state index in [0.717, 1.165) is 4.47 Å². The number of nitrogens with zero attached hydrogens (tertiary/aromatic N) is 1. The average Bonchev–Trinajstić information content (AvgIpc) is 2.92. The van der Waals surface area contributed by atoms with Crippen molar-refractivity contribution in [2.75, 3.05) is 6.54 Å². The third kappa shape index (κ3) is 4.93. The van der Waals surface area contributed by atoms with Crippen LogP contribution in [0.4, 0.5) is 0 Å². The summed E-state index contributed by atoms with van der Waals surface area (Å²) in [6, 6.07) is 3.32. The summed E-state index contributed by atoms with van der Waals surface area (Å²) < 4.78 is 0.735. The third-order valence-electron chi connectivity index (χ3n) is 4.08. The van der Waals surface area contributed by atoms with E-state index in [2.05, 4.69) is 21.2 Å². The van der Waals surface area contributed by atoms with Gasteiger partial charge in [0.25, 0.3) is 0 Å². The lowest BCUT2D eigenvalue weighted by Crippen LogP contribution is -2.52. The molecule has 0 bridgehead atoms. The van der Waals surface area contributed by atoms with Crippen molar-refractivity contribution in [3.8, 4) is 0 Å². The second kappa shape index (κ2) is 8.16. The molecule has 0 spiro atoms. The Labute approximate surface area is 158 Å². The van der Waals surface area contributed by atoms with Crippen molar-refractivity contribution < 1.29 is 19.5 Å². The summed E-state index contributed by atoms with van der Waals surface area (Å²) in [5.74, 6) is -1.54. The Morgan fingerprint density at radius 2 is 2.16 bits per heavy atom. The molecule has 1 heterocycles. The minimum absolute atomic E-state index is 0.0918. The van der Waals surface area contributed by atoms with Gasteiger partial charge >= 0.3 is 0 Å². The Hall–Kier alpha value is -1.64. The molecule has 0 unspecified atom stereocenters. The molecule has 1 aromatic carbocycles. The molecule has 9 heteroatoms. The first-order valence-electron chi connectivity index (χ1n) is 7.68. The Balaban J connectivity index is 2.13. The molecule has 3 atom stereocenters. The highest BCUT2D eigenvalue weighted by Gasteiger charge is 2.38. The molecular weight excluding hydrogens is 414 g/mol. The van der Waals surface area contributed by atoms with Crippen LogP contribution in [0.3, 0.4) is 0 Å². The normalized spacial score (nSPS) is 21.0. The van der Waals surface area contributed by atoms with E-state index < -0.39 is 30.0 Å². The number of hydrogen-bond acceptors (Lipinski definition) is 4. The van der Waals surface area contributed by atoms with Crippen LogP contribution in [0.25, 0.3) is 0 Å². The van der Waals surface area contributed by atoms with Crippen LogP contribution in [-0.2, 0) is 20.8 Å². The summed E-state index contributed by atoms with van der Waals surface area (Å²) in [4.78, 5) is 37.2. The number of nitrogens with one attached hydrogen (secondary N) is 1. The Bertz CT molecular complexity index is 700. The summed E-state index contributed by atoms with van der Waals surface area (Å²) in [7, 11) is 0. The van der Waals surface area contributed by atoms with Crippen LogP contribution >= 0.6 is 27.5 Å². The molecule has 3 amide bonds. The van der Waals surface area contributed by atoms with E-state index in [9.17, 15) is 19.5 Å². The molecule has 1 fully saturated rings. The maximum Gasteiger partial charge on any atom is 0.243 e. The zero-order valence-electron chi connectivity index (χ0n) is 13.5. The topological polar surface area (TPSA) is 113 Å². The van der Waals surface area contributed by atoms with E-state index in [-0.39, 0.29) is 25.3 Å². The summed E-state index contributed by atoms with van der Waals surface area (Å²) >= 11 is 9.33. The number of primary amides is 1. The van der Waals surface area contributed by atoms with Crippen molar-refractivity contribution in [3.05, 3.63) is 33.3 Å². The number of aliphatic hydroxyl groups excluding tert-OH is 1. The summed E-state index contributed by atoms with van der Waals surface area (Å²) in [5.41, 5.74) is 6.12. The molecular formula is C16H19BrClN3O4. The van der Waals surface area contributed by atoms with Gasteiger partial charge in [0.1, 0.15) is 12.1 Å². The van der Waals surface area contributed by atoms with Crippen molar-refractivity contribution in [3.63, 3.8) is 0 Å². The molecule has 4 N–H and O–H groups in total. The summed E-state index contributed by atoms with van der Waals surface area (Å²) in [5, 5.41) is 12.8. The number of carbonyl (C=O) groups is 3. The molecule has 136 valence electrons. The van der Waals surface area contributed by atoms with Crippen LogP contribution in [0.2, 0.25) is 5.02 Å². The molecule has 2 rings (SSSR count). The van der Waals surface area contributed by atoms with Gasteiger partial charge in [0.15, 0.2) is 0 Å². The van der Waals surface area contributed by atoms with Gasteiger partial charge < -0.3 is 21.1 Å². The summed E-state index contributed by atoms with van der Waals surface area (Å²) in [6.45, 7) is 1.42. The van der Waals surface area contributed by atoms with Crippen LogP contribution in [-0.4, -0.2) is 52.5 Å². The zero-order valence-corrected chi connectivity index (χ0v) is 15.9. The Morgan fingerprint density at radius 1 is 1.48 bits per heavy atom. The number of halogens is 2. The Kier molecular flexibility index (Phi) is 6.42. The number of β-amino-alcohol motifs (C(OH)–C–C–N with tert-alkyl or cyclic N) is 1. The van der Waals surface area contributed by atoms with Gasteiger partial charge in [0, 0.05) is 35.8 Å². The van der Waals surface area contributed by atoms with E-state index in [0.29, 0.717) is 10.6 Å². The fourth-order valence-corrected chi connectivity index (χ4v) is 3.42. The molecule has 7 nitrogen and oxygen atoms in total. The number of likely N-dealkylation sites (tertiary alicyclic amines) is 1. The lowest BCUT2D eigenvalue weighted by Gasteiger charge is -2.24. The van der Waals surface area contributed by atoms with Crippen LogP contribution in [0.15, 0.2) is 22.7 Å². The predicted molar refractivity (Wildman–Crippen MR) is 95.8 cm³/mol. The van der Waals surface area contributed by atoms with Crippen molar-refractivity contribution in [1.29, 1.82) is 0 Å². The molecule has 1 saturated heterocycles. The number of amides is 3. The summed E-state index contributed by atoms with van der Waals surface area (Å²) in [6.07, 6.45) is -0.497. The maximum atomic E-state index is 12.5. The minimum Gasteiger partial charge on any atom is -0.391 e. The average molecular weight is 433 g/mol.